The van der Waals surface area contributed by atoms with E-state index in [2.05, 4.69) is 40.4 Å². The predicted molar refractivity (Wildman–Crippen MR) is 175 cm³/mol. The summed E-state index contributed by atoms with van der Waals surface area (Å²) in [5, 5.41) is 14.3. The summed E-state index contributed by atoms with van der Waals surface area (Å²) < 4.78 is 16.3. The maximum Gasteiger partial charge on any atom is 0.315 e. The maximum atomic E-state index is 11.4. The van der Waals surface area contributed by atoms with Crippen LogP contribution in [0.15, 0.2) is 0 Å². The predicted octanol–water partition coefficient (Wildman–Crippen LogP) is 2.64. The topological polar surface area (TPSA) is 156 Å². The van der Waals surface area contributed by atoms with Gasteiger partial charge in [0.25, 0.3) is 0 Å². The number of fused-ring (bicyclic) bond motifs is 1. The van der Waals surface area contributed by atoms with Crippen LogP contribution in [0.4, 0.5) is 4.79 Å². The van der Waals surface area contributed by atoms with Gasteiger partial charge in [-0.25, -0.2) is 4.79 Å². The highest BCUT2D eigenvalue weighted by Gasteiger charge is 2.35. The summed E-state index contributed by atoms with van der Waals surface area (Å²) >= 11 is 1.89. The maximum absolute atomic E-state index is 11.4. The van der Waals surface area contributed by atoms with Crippen molar-refractivity contribution in [3.05, 3.63) is 0 Å². The van der Waals surface area contributed by atoms with Gasteiger partial charge in [0.2, 0.25) is 11.8 Å². The van der Waals surface area contributed by atoms with E-state index in [1.807, 2.05) is 32.7 Å². The van der Waals surface area contributed by atoms with Crippen LogP contribution < -0.4 is 26.6 Å². The van der Waals surface area contributed by atoms with Crippen molar-refractivity contribution >= 4 is 35.9 Å². The summed E-state index contributed by atoms with van der Waals surface area (Å²) in [6, 6.07) is 0.815. The standard InChI is InChI=1S/C20H38N2O6.C5H8N2OS.C3H9N.C2H6/c1-2-3-8-19(24)21-10-6-13-26-15-17-28-18-16-27-14-7-11-22-20(25)9-4-5-12-23;8-5-6-3-1-9-2-4(3)7-5;1-3-4-2;1-2/h12H,2-11,13-18H2,1H3,(H,21,24)(H,22,25);3-4H,1-2H2,(H2,6,7,8);4H,3H2,1-2H3;1-2H3. The number of carbonyl (C=O) groups is 4. The van der Waals surface area contributed by atoms with E-state index in [1.54, 1.807) is 0 Å². The van der Waals surface area contributed by atoms with Crippen LogP contribution in [0.5, 0.6) is 0 Å². The van der Waals surface area contributed by atoms with E-state index < -0.39 is 0 Å². The first-order valence-electron chi connectivity index (χ1n) is 16.0. The molecule has 2 aliphatic rings. The molecule has 0 aromatic rings. The second-order valence-electron chi connectivity index (χ2n) is 9.48. The van der Waals surface area contributed by atoms with Gasteiger partial charge in [-0.3, -0.25) is 9.59 Å². The lowest BCUT2D eigenvalue weighted by molar-refractivity contribution is -0.122. The van der Waals surface area contributed by atoms with E-state index in [0.29, 0.717) is 90.5 Å². The first-order valence-corrected chi connectivity index (χ1v) is 17.1. The Hall–Kier alpha value is -1.93. The highest BCUT2D eigenvalue weighted by Crippen LogP contribution is 2.20. The molecule has 0 aromatic carbocycles. The van der Waals surface area contributed by atoms with Gasteiger partial charge in [0.05, 0.1) is 38.5 Å². The van der Waals surface area contributed by atoms with Gasteiger partial charge in [-0.2, -0.15) is 11.8 Å². The molecule has 0 saturated carbocycles. The van der Waals surface area contributed by atoms with Crippen molar-refractivity contribution in [1.29, 1.82) is 0 Å². The average Bonchev–Trinajstić information content (AvgIpc) is 3.60. The Bertz CT molecular complexity index is 661. The zero-order chi connectivity index (χ0) is 32.4. The molecule has 2 saturated heterocycles. The minimum atomic E-state index is -0.0240. The molecule has 0 aromatic heterocycles. The van der Waals surface area contributed by atoms with Crippen molar-refractivity contribution in [2.45, 2.75) is 91.1 Å². The van der Waals surface area contributed by atoms with Crippen molar-refractivity contribution < 1.29 is 33.4 Å². The molecule has 0 bridgehead atoms. The molecule has 2 aliphatic heterocycles. The Morgan fingerprint density at radius 3 is 1.67 bits per heavy atom. The summed E-state index contributed by atoms with van der Waals surface area (Å²) in [7, 11) is 1.93. The molecule has 4 amide bonds. The van der Waals surface area contributed by atoms with Gasteiger partial charge in [-0.15, -0.1) is 0 Å². The molecule has 43 heavy (non-hydrogen) atoms. The molecule has 0 radical (unpaired) electrons. The number of ether oxygens (including phenoxy) is 3. The van der Waals surface area contributed by atoms with Crippen LogP contribution in [0.3, 0.4) is 0 Å². The van der Waals surface area contributed by atoms with Crippen LogP contribution in [0.25, 0.3) is 0 Å². The van der Waals surface area contributed by atoms with Gasteiger partial charge < -0.3 is 45.6 Å². The van der Waals surface area contributed by atoms with Crippen LogP contribution in [-0.4, -0.2) is 114 Å². The number of urea groups is 1. The molecule has 0 spiro atoms. The normalized spacial score (nSPS) is 16.1. The lowest BCUT2D eigenvalue weighted by atomic mass is 10.2. The van der Waals surface area contributed by atoms with Gasteiger partial charge in [0.15, 0.2) is 0 Å². The van der Waals surface area contributed by atoms with Gasteiger partial charge in [0, 0.05) is 57.1 Å². The number of aldehydes is 1. The minimum absolute atomic E-state index is 0.00491. The quantitative estimate of drug-likeness (QED) is 0.0686. The summed E-state index contributed by atoms with van der Waals surface area (Å²) in [5.41, 5.74) is 0. The van der Waals surface area contributed by atoms with E-state index in [-0.39, 0.29) is 17.8 Å². The molecule has 2 rings (SSSR count). The number of thioether (sulfide) groups is 1. The Labute approximate surface area is 264 Å². The Morgan fingerprint density at radius 1 is 0.814 bits per heavy atom. The fraction of sp³-hybridized carbons (Fsp3) is 0.867. The van der Waals surface area contributed by atoms with Gasteiger partial charge >= 0.3 is 6.03 Å². The monoisotopic (exact) mass is 635 g/mol. The summed E-state index contributed by atoms with van der Waals surface area (Å²) in [4.78, 5) is 43.5. The fourth-order valence-corrected chi connectivity index (χ4v) is 4.70. The molecule has 2 unspecified atom stereocenters. The summed E-state index contributed by atoms with van der Waals surface area (Å²) in [5.74, 6) is 2.23. The second-order valence-corrected chi connectivity index (χ2v) is 10.6. The first-order chi connectivity index (χ1) is 21.0. The van der Waals surface area contributed by atoms with E-state index in [9.17, 15) is 19.2 Å². The number of nitrogens with one attached hydrogen (secondary N) is 5. The molecule has 254 valence electrons. The number of carbonyl (C=O) groups excluding carboxylic acids is 4. The molecule has 13 heteroatoms. The van der Waals surface area contributed by atoms with Crippen LogP contribution in [0.1, 0.15) is 79.1 Å². The van der Waals surface area contributed by atoms with Crippen LogP contribution in [0, 0.1) is 0 Å². The van der Waals surface area contributed by atoms with Gasteiger partial charge in [0.1, 0.15) is 6.29 Å². The lowest BCUT2D eigenvalue weighted by Crippen LogP contribution is -2.31. The molecule has 2 fully saturated rings. The third kappa shape index (κ3) is 29.9. The Kier molecular flexibility index (Phi) is 34.7. The van der Waals surface area contributed by atoms with E-state index >= 15 is 0 Å². The Morgan fingerprint density at radius 2 is 1.26 bits per heavy atom. The molecule has 2 heterocycles. The average molecular weight is 636 g/mol. The van der Waals surface area contributed by atoms with Crippen molar-refractivity contribution in [1.82, 2.24) is 26.6 Å². The Balaban J connectivity index is 0. The number of unbranched alkanes of at least 4 members (excludes halogenated alkanes) is 2. The van der Waals surface area contributed by atoms with Crippen molar-refractivity contribution in [2.24, 2.45) is 0 Å². The third-order valence-electron chi connectivity index (χ3n) is 5.87. The summed E-state index contributed by atoms with van der Waals surface area (Å²) in [6.45, 7) is 13.7. The second kappa shape index (κ2) is 34.6. The smallest absolute Gasteiger partial charge is 0.315 e. The van der Waals surface area contributed by atoms with Crippen molar-refractivity contribution in [3.8, 4) is 0 Å². The largest absolute Gasteiger partial charge is 0.379 e. The number of hydrogen-bond donors (Lipinski definition) is 5. The van der Waals surface area contributed by atoms with Gasteiger partial charge in [-0.05, 0) is 39.3 Å². The molecule has 0 aliphatic carbocycles. The number of amides is 4. The van der Waals surface area contributed by atoms with Crippen LogP contribution in [-0.2, 0) is 28.6 Å². The van der Waals surface area contributed by atoms with E-state index in [0.717, 1.165) is 50.0 Å². The molecule has 2 atom stereocenters. The summed E-state index contributed by atoms with van der Waals surface area (Å²) in [6.07, 6.45) is 6.36. The molecular weight excluding hydrogens is 574 g/mol. The van der Waals surface area contributed by atoms with Crippen LogP contribution in [0.2, 0.25) is 0 Å². The molecule has 5 N–H and O–H groups in total. The number of hydrogen-bond acceptors (Lipinski definition) is 9. The SMILES string of the molecule is CC.CCCCC(=O)NCCCOCCOCCOCCCNC(=O)CCCC=O.CCNC.O=C1NC2CSCC2N1. The van der Waals surface area contributed by atoms with Crippen LogP contribution >= 0.6 is 11.8 Å². The first kappa shape index (κ1) is 43.2. The van der Waals surface area contributed by atoms with E-state index in [1.165, 1.54) is 0 Å². The van der Waals surface area contributed by atoms with Gasteiger partial charge in [-0.1, -0.05) is 34.1 Å². The van der Waals surface area contributed by atoms with E-state index in [4.69, 9.17) is 14.2 Å². The fourth-order valence-electron chi connectivity index (χ4n) is 3.42. The van der Waals surface area contributed by atoms with Crippen molar-refractivity contribution in [3.63, 3.8) is 0 Å². The minimum Gasteiger partial charge on any atom is -0.379 e. The van der Waals surface area contributed by atoms with Crippen molar-refractivity contribution in [2.75, 3.05) is 77.8 Å². The third-order valence-corrected chi connectivity index (χ3v) is 7.06. The number of rotatable bonds is 22. The highest BCUT2D eigenvalue weighted by atomic mass is 32.2. The lowest BCUT2D eigenvalue weighted by Gasteiger charge is -2.08. The highest BCUT2D eigenvalue weighted by molar-refractivity contribution is 7.99. The zero-order valence-corrected chi connectivity index (χ0v) is 28.2. The molecular formula is C30H61N5O7S. The zero-order valence-electron chi connectivity index (χ0n) is 27.4. The molecule has 12 nitrogen and oxygen atoms in total.